The van der Waals surface area contributed by atoms with E-state index in [-0.39, 0.29) is 0 Å². The van der Waals surface area contributed by atoms with Crippen molar-refractivity contribution in [2.45, 2.75) is 0 Å². The molecule has 12 aromatic carbocycles. The van der Waals surface area contributed by atoms with Crippen molar-refractivity contribution in [1.29, 1.82) is 0 Å². The maximum absolute atomic E-state index is 2.53. The zero-order chi connectivity index (χ0) is 60.7. The first-order valence-electron chi connectivity index (χ1n) is 30.5. The second kappa shape index (κ2) is 25.9. The molecular weight excluding hydrogens is 1160 g/mol. The predicted octanol–water partition coefficient (Wildman–Crippen LogP) is 25.8. The Balaban J connectivity index is 1.06. The average molecular weight is 1220 g/mol. The van der Waals surface area contributed by atoms with Gasteiger partial charge in [0.2, 0.25) is 0 Å². The van der Waals surface area contributed by atoms with Crippen LogP contribution in [0.5, 0.6) is 0 Å². The van der Waals surface area contributed by atoms with E-state index in [1.807, 2.05) is 0 Å². The van der Waals surface area contributed by atoms with E-state index in [1.165, 1.54) is 33.4 Å². The van der Waals surface area contributed by atoms with Crippen molar-refractivity contribution in [3.63, 3.8) is 0 Å². The largest absolute Gasteiger partial charge is 0.308 e. The molecular formula is C84H60N4S3. The van der Waals surface area contributed by atoms with Gasteiger partial charge in [-0.05, 0) is 226 Å². The van der Waals surface area contributed by atoms with Gasteiger partial charge < -0.3 is 19.6 Å². The molecule has 0 spiro atoms. The number of rotatable bonds is 18. The summed E-state index contributed by atoms with van der Waals surface area (Å²) in [6.45, 7) is 0. The summed E-state index contributed by atoms with van der Waals surface area (Å²) in [5, 5.41) is 13.1. The van der Waals surface area contributed by atoms with Crippen LogP contribution in [0.15, 0.2) is 360 Å². The summed E-state index contributed by atoms with van der Waals surface area (Å²) in [5.74, 6) is 0. The molecule has 0 saturated carbocycles. The highest BCUT2D eigenvalue weighted by Gasteiger charge is 2.31. The Morgan fingerprint density at radius 2 is 0.352 bits per heavy atom. The normalized spacial score (nSPS) is 11.1. The molecule has 3 aromatic heterocycles. The van der Waals surface area contributed by atoms with E-state index in [0.29, 0.717) is 0 Å². The molecule has 91 heavy (non-hydrogen) atoms. The van der Waals surface area contributed by atoms with Crippen molar-refractivity contribution in [3.05, 3.63) is 360 Å². The molecule has 0 unspecified atom stereocenters. The second-order valence-electron chi connectivity index (χ2n) is 22.2. The van der Waals surface area contributed by atoms with Crippen LogP contribution < -0.4 is 19.6 Å². The molecule has 4 nitrogen and oxygen atoms in total. The van der Waals surface area contributed by atoms with Crippen LogP contribution >= 0.6 is 34.0 Å². The Hall–Kier alpha value is -11.1. The monoisotopic (exact) mass is 1220 g/mol. The Kier molecular flexibility index (Phi) is 16.1. The highest BCUT2D eigenvalue weighted by molar-refractivity contribution is 7.08. The molecule has 434 valence electrons. The molecule has 0 aliphatic carbocycles. The van der Waals surface area contributed by atoms with Gasteiger partial charge in [0, 0.05) is 34.1 Å². The van der Waals surface area contributed by atoms with Crippen molar-refractivity contribution >= 4 is 102 Å². The summed E-state index contributed by atoms with van der Waals surface area (Å²) < 4.78 is 0. The Morgan fingerprint density at radius 1 is 0.154 bits per heavy atom. The number of anilines is 12. The third kappa shape index (κ3) is 11.8. The number of para-hydroxylation sites is 6. The molecule has 15 aromatic rings. The molecule has 0 saturated heterocycles. The SMILES string of the molecule is c1ccc(N(c2ccccc2)c2cc(-c3ccc(-c4ccsc4)cc3)ccc2N(c2ccc(-c3ccc(-c4ccsc4)cc3)cc2N(c2ccccc2)c2ccccc2)c2ccc(-c3ccc(-c4ccsc4)cc3)cc2N(c2ccccc2)c2ccccc2)cc1. The van der Waals surface area contributed by atoms with Crippen LogP contribution in [0.25, 0.3) is 66.8 Å². The van der Waals surface area contributed by atoms with Crippen molar-refractivity contribution in [2.24, 2.45) is 0 Å². The molecule has 0 amide bonds. The summed E-state index contributed by atoms with van der Waals surface area (Å²) in [5.41, 5.74) is 25.8. The maximum Gasteiger partial charge on any atom is 0.0708 e. The third-order valence-electron chi connectivity index (χ3n) is 16.7. The summed E-state index contributed by atoms with van der Waals surface area (Å²) in [7, 11) is 0. The van der Waals surface area contributed by atoms with Crippen molar-refractivity contribution in [2.75, 3.05) is 19.6 Å². The van der Waals surface area contributed by atoms with Gasteiger partial charge in [-0.15, -0.1) is 0 Å². The minimum Gasteiger partial charge on any atom is -0.308 e. The number of hydrogen-bond donors (Lipinski definition) is 0. The third-order valence-corrected chi connectivity index (χ3v) is 18.7. The van der Waals surface area contributed by atoms with Crippen LogP contribution in [0.1, 0.15) is 0 Å². The highest BCUT2D eigenvalue weighted by Crippen LogP contribution is 2.55. The molecule has 0 aliphatic heterocycles. The van der Waals surface area contributed by atoms with Crippen molar-refractivity contribution in [1.82, 2.24) is 0 Å². The summed E-state index contributed by atoms with van der Waals surface area (Å²) in [6, 6.07) is 120. The van der Waals surface area contributed by atoms with E-state index >= 15 is 0 Å². The van der Waals surface area contributed by atoms with Crippen LogP contribution in [0.2, 0.25) is 0 Å². The van der Waals surface area contributed by atoms with Gasteiger partial charge in [-0.3, -0.25) is 0 Å². The summed E-state index contributed by atoms with van der Waals surface area (Å²) in [6.07, 6.45) is 0. The lowest BCUT2D eigenvalue weighted by molar-refractivity contribution is 1.19. The first-order chi connectivity index (χ1) is 45.1. The molecule has 0 aliphatic rings. The minimum atomic E-state index is 0.955. The fourth-order valence-electron chi connectivity index (χ4n) is 12.2. The lowest BCUT2D eigenvalue weighted by Gasteiger charge is -2.39. The molecule has 0 fully saturated rings. The molecule has 0 N–H and O–H groups in total. The first-order valence-corrected chi connectivity index (χ1v) is 33.3. The number of nitrogens with zero attached hydrogens (tertiary/aromatic N) is 4. The fraction of sp³-hybridized carbons (Fsp3) is 0. The van der Waals surface area contributed by atoms with E-state index in [0.717, 1.165) is 102 Å². The standard InChI is InChI=1S/C84H60N4S3/c1-7-19-73(20-8-1)85(74-21-9-2-10-22-74)82-55-67(61-31-37-64(38-32-61)70-49-52-89-58-70)43-46-79(82)88(80-47-44-68(62-33-39-65(40-34-62)71-50-53-90-59-71)56-83(80)86(75-23-11-3-12-24-75)76-25-13-4-14-26-76)81-48-45-69(63-35-41-66(42-36-63)72-51-54-91-60-72)57-84(81)87(77-27-15-5-16-28-77)78-29-17-6-18-30-78/h1-60H. The minimum absolute atomic E-state index is 0.955. The lowest BCUT2D eigenvalue weighted by Crippen LogP contribution is -2.22. The van der Waals surface area contributed by atoms with Gasteiger partial charge in [0.25, 0.3) is 0 Å². The van der Waals surface area contributed by atoms with Crippen LogP contribution in [-0.4, -0.2) is 0 Å². The van der Waals surface area contributed by atoms with Crippen LogP contribution in [-0.2, 0) is 0 Å². The van der Waals surface area contributed by atoms with Crippen LogP contribution in [0.3, 0.4) is 0 Å². The number of thiophene rings is 3. The predicted molar refractivity (Wildman–Crippen MR) is 391 cm³/mol. The zero-order valence-corrected chi connectivity index (χ0v) is 52.1. The van der Waals surface area contributed by atoms with E-state index in [1.54, 1.807) is 34.0 Å². The molecule has 0 radical (unpaired) electrons. The lowest BCUT2D eigenvalue weighted by atomic mass is 9.97. The Labute approximate surface area is 544 Å². The van der Waals surface area contributed by atoms with E-state index < -0.39 is 0 Å². The first kappa shape index (κ1) is 56.4. The van der Waals surface area contributed by atoms with E-state index in [4.69, 9.17) is 0 Å². The summed E-state index contributed by atoms with van der Waals surface area (Å²) in [4.78, 5) is 9.81. The fourth-order valence-corrected chi connectivity index (χ4v) is 14.2. The van der Waals surface area contributed by atoms with Gasteiger partial charge in [-0.2, -0.15) is 34.0 Å². The Morgan fingerprint density at radius 3 is 0.549 bits per heavy atom. The highest BCUT2D eigenvalue weighted by atomic mass is 32.1. The smallest absolute Gasteiger partial charge is 0.0708 e. The van der Waals surface area contributed by atoms with Gasteiger partial charge in [-0.25, -0.2) is 0 Å². The van der Waals surface area contributed by atoms with Gasteiger partial charge in [0.15, 0.2) is 0 Å². The molecule has 3 heterocycles. The van der Waals surface area contributed by atoms with Gasteiger partial charge >= 0.3 is 0 Å². The maximum atomic E-state index is 2.53. The van der Waals surface area contributed by atoms with Crippen molar-refractivity contribution in [3.8, 4) is 66.8 Å². The quantitative estimate of drug-likeness (QED) is 0.0849. The zero-order valence-electron chi connectivity index (χ0n) is 49.7. The molecule has 7 heteroatoms. The van der Waals surface area contributed by atoms with Crippen molar-refractivity contribution < 1.29 is 0 Å². The number of hydrogen-bond acceptors (Lipinski definition) is 7. The molecule has 15 rings (SSSR count). The van der Waals surface area contributed by atoms with E-state index in [2.05, 4.69) is 379 Å². The van der Waals surface area contributed by atoms with Crippen LogP contribution in [0, 0.1) is 0 Å². The molecule has 0 bridgehead atoms. The number of benzene rings is 12. The molecule has 0 atom stereocenters. The Bertz CT molecular complexity index is 4200. The van der Waals surface area contributed by atoms with E-state index in [9.17, 15) is 0 Å². The van der Waals surface area contributed by atoms with Crippen LogP contribution in [0.4, 0.5) is 68.2 Å². The van der Waals surface area contributed by atoms with Gasteiger partial charge in [-0.1, -0.05) is 200 Å². The topological polar surface area (TPSA) is 13.0 Å². The second-order valence-corrected chi connectivity index (χ2v) is 24.6. The van der Waals surface area contributed by atoms with Gasteiger partial charge in [0.1, 0.15) is 0 Å². The summed E-state index contributed by atoms with van der Waals surface area (Å²) >= 11 is 5.16. The average Bonchev–Trinajstić information content (AvgIpc) is 1.05. The van der Waals surface area contributed by atoms with Gasteiger partial charge in [0.05, 0.1) is 34.1 Å².